The zero-order valence-electron chi connectivity index (χ0n) is 11.4. The van der Waals surface area contributed by atoms with Gasteiger partial charge in [-0.15, -0.1) is 0 Å². The van der Waals surface area contributed by atoms with Crippen molar-refractivity contribution in [3.63, 3.8) is 0 Å². The van der Waals surface area contributed by atoms with Crippen LogP contribution in [0.25, 0.3) is 0 Å². The molecule has 2 rings (SSSR count). The van der Waals surface area contributed by atoms with Gasteiger partial charge in [0, 0.05) is 13.1 Å². The van der Waals surface area contributed by atoms with Gasteiger partial charge in [-0.1, -0.05) is 12.1 Å². The van der Waals surface area contributed by atoms with Gasteiger partial charge in [0.15, 0.2) is 0 Å². The highest BCUT2D eigenvalue weighted by Gasteiger charge is 2.15. The van der Waals surface area contributed by atoms with Crippen LogP contribution in [-0.4, -0.2) is 31.6 Å². The molecule has 1 aromatic rings. The van der Waals surface area contributed by atoms with Crippen LogP contribution in [-0.2, 0) is 6.54 Å². The molecule has 3 heteroatoms. The van der Waals surface area contributed by atoms with E-state index in [2.05, 4.69) is 17.3 Å². The summed E-state index contributed by atoms with van der Waals surface area (Å²) < 4.78 is 13.5. The Kier molecular flexibility index (Phi) is 4.72. The van der Waals surface area contributed by atoms with E-state index in [1.807, 2.05) is 12.1 Å². The van der Waals surface area contributed by atoms with E-state index < -0.39 is 0 Å². The van der Waals surface area contributed by atoms with Crippen LogP contribution in [0.2, 0.25) is 0 Å². The lowest BCUT2D eigenvalue weighted by Gasteiger charge is -2.27. The summed E-state index contributed by atoms with van der Waals surface area (Å²) in [6, 6.07) is 5.55. The second-order valence-electron chi connectivity index (χ2n) is 5.47. The Balaban J connectivity index is 1.85. The quantitative estimate of drug-likeness (QED) is 0.883. The Morgan fingerprint density at radius 1 is 1.33 bits per heavy atom. The van der Waals surface area contributed by atoms with Crippen LogP contribution in [0.3, 0.4) is 0 Å². The Bertz CT molecular complexity index is 386. The van der Waals surface area contributed by atoms with E-state index in [4.69, 9.17) is 0 Å². The van der Waals surface area contributed by atoms with E-state index in [0.29, 0.717) is 0 Å². The lowest BCUT2D eigenvalue weighted by molar-refractivity contribution is 0.234. The molecular weight excluding hydrogens is 227 g/mol. The molecule has 0 amide bonds. The first-order valence-corrected chi connectivity index (χ1v) is 6.79. The molecule has 1 saturated heterocycles. The second kappa shape index (κ2) is 6.30. The Morgan fingerprint density at radius 2 is 2.06 bits per heavy atom. The van der Waals surface area contributed by atoms with E-state index in [0.717, 1.165) is 43.2 Å². The summed E-state index contributed by atoms with van der Waals surface area (Å²) in [5, 5.41) is 3.38. The third-order valence-corrected chi connectivity index (χ3v) is 3.72. The zero-order chi connectivity index (χ0) is 13.0. The molecule has 0 aliphatic carbocycles. The molecule has 2 nitrogen and oxygen atoms in total. The first kappa shape index (κ1) is 13.5. The predicted octanol–water partition coefficient (Wildman–Crippen LogP) is 2.57. The van der Waals surface area contributed by atoms with Crippen molar-refractivity contribution in [2.24, 2.45) is 5.92 Å². The molecule has 100 valence electrons. The maximum atomic E-state index is 13.5. The van der Waals surface area contributed by atoms with E-state index in [1.165, 1.54) is 12.8 Å². The molecule has 0 saturated carbocycles. The maximum absolute atomic E-state index is 13.5. The van der Waals surface area contributed by atoms with E-state index >= 15 is 0 Å². The molecule has 1 aliphatic rings. The van der Waals surface area contributed by atoms with Crippen molar-refractivity contribution in [1.29, 1.82) is 0 Å². The molecule has 1 heterocycles. The SMILES string of the molecule is Cc1ccc(CN(C)CC2CCNCC2)cc1F. The van der Waals surface area contributed by atoms with Gasteiger partial charge in [-0.3, -0.25) is 0 Å². The summed E-state index contributed by atoms with van der Waals surface area (Å²) in [6.45, 7) is 6.02. The number of piperidine rings is 1. The fourth-order valence-electron chi connectivity index (χ4n) is 2.62. The first-order chi connectivity index (χ1) is 8.65. The van der Waals surface area contributed by atoms with Crippen LogP contribution in [0.15, 0.2) is 18.2 Å². The minimum Gasteiger partial charge on any atom is -0.317 e. The highest BCUT2D eigenvalue weighted by atomic mass is 19.1. The smallest absolute Gasteiger partial charge is 0.126 e. The molecule has 0 unspecified atom stereocenters. The highest BCUT2D eigenvalue weighted by Crippen LogP contribution is 2.15. The number of hydrogen-bond acceptors (Lipinski definition) is 2. The summed E-state index contributed by atoms with van der Waals surface area (Å²) in [7, 11) is 2.12. The Hall–Kier alpha value is -0.930. The third-order valence-electron chi connectivity index (χ3n) is 3.72. The minimum atomic E-state index is -0.0947. The topological polar surface area (TPSA) is 15.3 Å². The zero-order valence-corrected chi connectivity index (χ0v) is 11.4. The number of aryl methyl sites for hydroxylation is 1. The van der Waals surface area contributed by atoms with Gasteiger partial charge in [0.05, 0.1) is 0 Å². The monoisotopic (exact) mass is 250 g/mol. The molecule has 0 radical (unpaired) electrons. The molecule has 1 fully saturated rings. The summed E-state index contributed by atoms with van der Waals surface area (Å²) in [5.41, 5.74) is 1.79. The number of rotatable bonds is 4. The van der Waals surface area contributed by atoms with E-state index in [1.54, 1.807) is 13.0 Å². The Labute approximate surface area is 109 Å². The van der Waals surface area contributed by atoms with Gasteiger partial charge in [-0.05, 0) is 63.0 Å². The van der Waals surface area contributed by atoms with Gasteiger partial charge < -0.3 is 10.2 Å². The molecule has 0 spiro atoms. The predicted molar refractivity (Wildman–Crippen MR) is 73.1 cm³/mol. The van der Waals surface area contributed by atoms with E-state index in [-0.39, 0.29) is 5.82 Å². The fraction of sp³-hybridized carbons (Fsp3) is 0.600. The van der Waals surface area contributed by atoms with Gasteiger partial charge >= 0.3 is 0 Å². The number of hydrogen-bond donors (Lipinski definition) is 1. The van der Waals surface area contributed by atoms with Crippen LogP contribution in [0.5, 0.6) is 0 Å². The molecule has 0 bridgehead atoms. The van der Waals surface area contributed by atoms with Crippen molar-refractivity contribution in [2.45, 2.75) is 26.3 Å². The van der Waals surface area contributed by atoms with Crippen molar-refractivity contribution in [3.8, 4) is 0 Å². The van der Waals surface area contributed by atoms with Crippen molar-refractivity contribution < 1.29 is 4.39 Å². The maximum Gasteiger partial charge on any atom is 0.126 e. The molecular formula is C15H23FN2. The van der Waals surface area contributed by atoms with Crippen molar-refractivity contribution in [1.82, 2.24) is 10.2 Å². The third kappa shape index (κ3) is 3.79. The van der Waals surface area contributed by atoms with Gasteiger partial charge in [0.25, 0.3) is 0 Å². The molecule has 1 aliphatic heterocycles. The van der Waals surface area contributed by atoms with Crippen LogP contribution >= 0.6 is 0 Å². The molecule has 0 atom stereocenters. The van der Waals surface area contributed by atoms with Crippen molar-refractivity contribution in [3.05, 3.63) is 35.1 Å². The largest absolute Gasteiger partial charge is 0.317 e. The van der Waals surface area contributed by atoms with Gasteiger partial charge in [0.2, 0.25) is 0 Å². The molecule has 1 N–H and O–H groups in total. The van der Waals surface area contributed by atoms with Crippen molar-refractivity contribution >= 4 is 0 Å². The van der Waals surface area contributed by atoms with Crippen LogP contribution < -0.4 is 5.32 Å². The Morgan fingerprint density at radius 3 is 2.72 bits per heavy atom. The van der Waals surface area contributed by atoms with Crippen LogP contribution in [0.4, 0.5) is 4.39 Å². The van der Waals surface area contributed by atoms with Gasteiger partial charge in [0.1, 0.15) is 5.82 Å². The van der Waals surface area contributed by atoms with Gasteiger partial charge in [-0.25, -0.2) is 4.39 Å². The number of benzene rings is 1. The summed E-state index contributed by atoms with van der Waals surface area (Å²) in [5.74, 6) is 0.689. The average molecular weight is 250 g/mol. The fourth-order valence-corrected chi connectivity index (χ4v) is 2.62. The second-order valence-corrected chi connectivity index (χ2v) is 5.47. The summed E-state index contributed by atoms with van der Waals surface area (Å²) in [6.07, 6.45) is 2.51. The first-order valence-electron chi connectivity index (χ1n) is 6.79. The summed E-state index contributed by atoms with van der Waals surface area (Å²) >= 11 is 0. The van der Waals surface area contributed by atoms with Crippen LogP contribution in [0, 0.1) is 18.7 Å². The number of halogens is 1. The number of nitrogens with one attached hydrogen (secondary N) is 1. The molecule has 0 aromatic heterocycles. The normalized spacial score (nSPS) is 17.3. The number of nitrogens with zero attached hydrogens (tertiary/aromatic N) is 1. The van der Waals surface area contributed by atoms with Crippen LogP contribution in [0.1, 0.15) is 24.0 Å². The molecule has 18 heavy (non-hydrogen) atoms. The minimum absolute atomic E-state index is 0.0947. The molecule has 1 aromatic carbocycles. The lowest BCUT2D eigenvalue weighted by Crippen LogP contribution is -2.34. The van der Waals surface area contributed by atoms with Crippen molar-refractivity contribution in [2.75, 3.05) is 26.7 Å². The standard InChI is InChI=1S/C15H23FN2/c1-12-3-4-14(9-15(12)16)11-18(2)10-13-5-7-17-8-6-13/h3-4,9,13,17H,5-8,10-11H2,1-2H3. The highest BCUT2D eigenvalue weighted by molar-refractivity contribution is 5.23. The lowest BCUT2D eigenvalue weighted by atomic mass is 9.97. The van der Waals surface area contributed by atoms with E-state index in [9.17, 15) is 4.39 Å². The van der Waals surface area contributed by atoms with Gasteiger partial charge in [-0.2, -0.15) is 0 Å². The average Bonchev–Trinajstić information content (AvgIpc) is 2.35. The summed E-state index contributed by atoms with van der Waals surface area (Å²) in [4.78, 5) is 2.31.